The lowest BCUT2D eigenvalue weighted by Gasteiger charge is -2.44. The van der Waals surface area contributed by atoms with E-state index in [1.54, 1.807) is 6.92 Å². The summed E-state index contributed by atoms with van der Waals surface area (Å²) < 4.78 is 20.8. The van der Waals surface area contributed by atoms with Crippen molar-refractivity contribution in [1.29, 1.82) is 0 Å². The van der Waals surface area contributed by atoms with E-state index >= 15 is 0 Å². The Balaban J connectivity index is 2.07. The van der Waals surface area contributed by atoms with Crippen LogP contribution in [0.15, 0.2) is 0 Å². The first-order chi connectivity index (χ1) is 12.2. The molecule has 0 aliphatic carbocycles. The molecule has 2 fully saturated rings. The predicted octanol–water partition coefficient (Wildman–Crippen LogP) is -3.41. The van der Waals surface area contributed by atoms with Gasteiger partial charge in [-0.2, -0.15) is 0 Å². The second-order valence-electron chi connectivity index (χ2n) is 6.38. The van der Waals surface area contributed by atoms with Gasteiger partial charge >= 0.3 is 5.97 Å². The fourth-order valence-corrected chi connectivity index (χ4v) is 2.86. The highest BCUT2D eigenvalue weighted by Crippen LogP contribution is 2.29. The third-order valence-electron chi connectivity index (χ3n) is 4.46. The zero-order chi connectivity index (χ0) is 19.6. The third-order valence-corrected chi connectivity index (χ3v) is 4.46. The molecule has 0 bridgehead atoms. The van der Waals surface area contributed by atoms with E-state index < -0.39 is 74.0 Å². The summed E-state index contributed by atoms with van der Waals surface area (Å²) in [5.41, 5.74) is 0. The van der Waals surface area contributed by atoms with Crippen molar-refractivity contribution in [3.8, 4) is 0 Å². The van der Waals surface area contributed by atoms with Crippen LogP contribution in [0.1, 0.15) is 20.3 Å². The van der Waals surface area contributed by atoms with Gasteiger partial charge in [0, 0.05) is 6.92 Å². The predicted molar refractivity (Wildman–Crippen MR) is 81.4 cm³/mol. The second-order valence-corrected chi connectivity index (χ2v) is 6.38. The molecule has 0 aromatic carbocycles. The molecule has 2 aliphatic rings. The van der Waals surface area contributed by atoms with Crippen LogP contribution < -0.4 is 0 Å². The molecule has 5 unspecified atom stereocenters. The number of esters is 1. The third kappa shape index (κ3) is 4.50. The minimum absolute atomic E-state index is 0.315. The summed E-state index contributed by atoms with van der Waals surface area (Å²) in [5.74, 6) is -0.632. The lowest BCUT2D eigenvalue weighted by Crippen LogP contribution is -2.63. The molecule has 152 valence electrons. The molecule has 0 aromatic rings. The minimum Gasteiger partial charge on any atom is -0.463 e. The van der Waals surface area contributed by atoms with Crippen LogP contribution >= 0.6 is 0 Å². The molecule has 11 heteroatoms. The average Bonchev–Trinajstić information content (AvgIpc) is 2.61. The first kappa shape index (κ1) is 21.4. The van der Waals surface area contributed by atoms with Gasteiger partial charge in [-0.1, -0.05) is 6.92 Å². The summed E-state index contributed by atoms with van der Waals surface area (Å²) in [6.07, 6.45) is -14.1. The van der Waals surface area contributed by atoms with Crippen LogP contribution in [0.2, 0.25) is 0 Å². The van der Waals surface area contributed by atoms with Gasteiger partial charge in [-0.25, -0.2) is 0 Å². The van der Waals surface area contributed by atoms with E-state index in [1.165, 1.54) is 0 Å². The number of hydrogen-bond acceptors (Lipinski definition) is 11. The van der Waals surface area contributed by atoms with Gasteiger partial charge in [-0.05, 0) is 6.42 Å². The molecular weight excluding hydrogens is 356 g/mol. The van der Waals surface area contributed by atoms with E-state index in [0.29, 0.717) is 6.42 Å². The molecule has 2 aliphatic heterocycles. The van der Waals surface area contributed by atoms with Crippen LogP contribution in [0.5, 0.6) is 0 Å². The van der Waals surface area contributed by atoms with Crippen molar-refractivity contribution < 1.29 is 54.4 Å². The molecule has 10 atom stereocenters. The Morgan fingerprint density at radius 1 is 0.808 bits per heavy atom. The first-order valence-electron chi connectivity index (χ1n) is 8.35. The summed E-state index contributed by atoms with van der Waals surface area (Å²) in [7, 11) is 0. The number of aliphatic hydroxyl groups excluding tert-OH is 6. The van der Waals surface area contributed by atoms with Crippen LogP contribution in [-0.2, 0) is 23.7 Å². The van der Waals surface area contributed by atoms with E-state index in [-0.39, 0.29) is 0 Å². The van der Waals surface area contributed by atoms with Gasteiger partial charge in [0.15, 0.2) is 12.6 Å². The maximum Gasteiger partial charge on any atom is 0.302 e. The smallest absolute Gasteiger partial charge is 0.302 e. The average molecular weight is 382 g/mol. The lowest BCUT2D eigenvalue weighted by molar-refractivity contribution is -0.375. The summed E-state index contributed by atoms with van der Waals surface area (Å²) >= 11 is 0. The molecule has 0 saturated carbocycles. The maximum atomic E-state index is 10.9. The molecule has 6 N–H and O–H groups in total. The quantitative estimate of drug-likeness (QED) is 0.261. The Hall–Kier alpha value is -0.890. The zero-order valence-electron chi connectivity index (χ0n) is 14.4. The van der Waals surface area contributed by atoms with Gasteiger partial charge in [0.1, 0.15) is 49.3 Å². The van der Waals surface area contributed by atoms with Crippen molar-refractivity contribution in [2.24, 2.45) is 0 Å². The number of carbonyl (C=O) groups excluding carboxylic acids is 1. The fraction of sp³-hybridized carbons (Fsp3) is 0.933. The van der Waals surface area contributed by atoms with Crippen molar-refractivity contribution in [3.63, 3.8) is 0 Å². The molecular formula is C15H26O11. The summed E-state index contributed by atoms with van der Waals surface area (Å²) in [6, 6.07) is 0. The molecule has 11 nitrogen and oxygen atoms in total. The van der Waals surface area contributed by atoms with E-state index in [2.05, 4.69) is 0 Å². The van der Waals surface area contributed by atoms with Crippen LogP contribution in [0.4, 0.5) is 0 Å². The lowest BCUT2D eigenvalue weighted by atomic mass is 9.97. The maximum absolute atomic E-state index is 10.9. The Morgan fingerprint density at radius 2 is 1.27 bits per heavy atom. The van der Waals surface area contributed by atoms with Gasteiger partial charge < -0.3 is 49.6 Å². The first-order valence-corrected chi connectivity index (χ1v) is 8.35. The normalized spacial score (nSPS) is 46.8. The van der Waals surface area contributed by atoms with Crippen LogP contribution in [0, 0.1) is 0 Å². The summed E-state index contributed by atoms with van der Waals surface area (Å²) in [5, 5.41) is 59.7. The minimum atomic E-state index is -1.70. The number of ether oxygens (including phenoxy) is 4. The number of rotatable bonds is 5. The van der Waals surface area contributed by atoms with Gasteiger partial charge in [-0.15, -0.1) is 0 Å². The molecule has 0 aromatic heterocycles. The van der Waals surface area contributed by atoms with Gasteiger partial charge in [0.2, 0.25) is 0 Å². The van der Waals surface area contributed by atoms with E-state index in [9.17, 15) is 35.4 Å². The Labute approximate surface area is 149 Å². The Morgan fingerprint density at radius 3 is 1.73 bits per heavy atom. The standard InChI is InChI=1S/C15H26O11/c1-3-6-8(17)10(19)12(21)14(24-6)26-15-13(22)11(20)9(18)7(25-15)4-23-5(2)16/h6-15,17-22H,3-4H2,1-2H3/t6?,7?,8?,9-,10-,11?,12?,13+,14-,15-/m1/s1. The SMILES string of the molecule is CCC1O[C@H](O[C@H]2OC(COC(C)=O)[C@@H](O)C(O)[C@@H]2O)C(O)[C@H](O)C1O. The van der Waals surface area contributed by atoms with Crippen molar-refractivity contribution in [2.75, 3.05) is 6.61 Å². The van der Waals surface area contributed by atoms with Gasteiger partial charge in [0.25, 0.3) is 0 Å². The Bertz CT molecular complexity index is 473. The van der Waals surface area contributed by atoms with E-state index in [0.717, 1.165) is 6.92 Å². The highest BCUT2D eigenvalue weighted by atomic mass is 16.8. The molecule has 0 spiro atoms. The monoisotopic (exact) mass is 382 g/mol. The van der Waals surface area contributed by atoms with Crippen LogP contribution in [-0.4, -0.2) is 105 Å². The van der Waals surface area contributed by atoms with Crippen molar-refractivity contribution in [3.05, 3.63) is 0 Å². The zero-order valence-corrected chi connectivity index (χ0v) is 14.4. The van der Waals surface area contributed by atoms with Gasteiger partial charge in [-0.3, -0.25) is 4.79 Å². The largest absolute Gasteiger partial charge is 0.463 e. The van der Waals surface area contributed by atoms with Crippen LogP contribution in [0.25, 0.3) is 0 Å². The van der Waals surface area contributed by atoms with Crippen molar-refractivity contribution in [2.45, 2.75) is 81.7 Å². The molecule has 0 radical (unpaired) electrons. The fourth-order valence-electron chi connectivity index (χ4n) is 2.86. The molecule has 2 saturated heterocycles. The van der Waals surface area contributed by atoms with E-state index in [4.69, 9.17) is 18.9 Å². The summed E-state index contributed by atoms with van der Waals surface area (Å²) in [6.45, 7) is 2.45. The molecule has 2 heterocycles. The van der Waals surface area contributed by atoms with E-state index in [1.807, 2.05) is 0 Å². The second kappa shape index (κ2) is 8.87. The highest BCUT2D eigenvalue weighted by molar-refractivity contribution is 5.65. The molecule has 26 heavy (non-hydrogen) atoms. The van der Waals surface area contributed by atoms with Crippen molar-refractivity contribution in [1.82, 2.24) is 0 Å². The Kier molecular flexibility index (Phi) is 7.30. The van der Waals surface area contributed by atoms with Gasteiger partial charge in [0.05, 0.1) is 6.10 Å². The number of carbonyl (C=O) groups is 1. The molecule has 2 rings (SSSR count). The van der Waals surface area contributed by atoms with Crippen LogP contribution in [0.3, 0.4) is 0 Å². The number of aliphatic hydroxyl groups is 6. The summed E-state index contributed by atoms with van der Waals surface area (Å²) in [4.78, 5) is 10.9. The highest BCUT2D eigenvalue weighted by Gasteiger charge is 2.49. The number of hydrogen-bond donors (Lipinski definition) is 6. The molecule has 0 amide bonds. The topological polar surface area (TPSA) is 175 Å². The van der Waals surface area contributed by atoms with Crippen molar-refractivity contribution >= 4 is 5.97 Å².